The maximum atomic E-state index is 12.7. The molecule has 2 aromatic carbocycles. The molecule has 2 atom stereocenters. The number of carbonyl (C=O) groups excluding carboxylic acids is 1. The quantitative estimate of drug-likeness (QED) is 0.353. The van der Waals surface area contributed by atoms with Gasteiger partial charge in [0.2, 0.25) is 5.88 Å². The zero-order valence-electron chi connectivity index (χ0n) is 18.4. The smallest absolute Gasteiger partial charge is 0.261 e. The molecule has 4 N–H and O–H groups in total. The molecular formula is C25H30N4O2S. The number of amides is 1. The monoisotopic (exact) mass is 450 g/mol. The summed E-state index contributed by atoms with van der Waals surface area (Å²) in [7, 11) is 0. The van der Waals surface area contributed by atoms with E-state index in [0.717, 1.165) is 16.8 Å². The number of pyridine rings is 1. The number of thiol groups is 1. The fourth-order valence-electron chi connectivity index (χ4n) is 3.00. The topological polar surface area (TPSA) is 89.3 Å². The number of hydrogen-bond donors (Lipinski definition) is 4. The van der Waals surface area contributed by atoms with Crippen LogP contribution in [0.3, 0.4) is 0 Å². The van der Waals surface area contributed by atoms with Crippen LogP contribution in [0, 0.1) is 6.92 Å². The van der Waals surface area contributed by atoms with E-state index in [9.17, 15) is 4.79 Å². The van der Waals surface area contributed by atoms with E-state index in [2.05, 4.69) is 28.2 Å². The highest BCUT2D eigenvalue weighted by Crippen LogP contribution is 2.28. The van der Waals surface area contributed by atoms with Crippen molar-refractivity contribution in [1.82, 2.24) is 10.3 Å². The number of rotatable bonds is 10. The fraction of sp³-hybridized carbons (Fsp3) is 0.280. The number of aromatic nitrogens is 1. The zero-order chi connectivity index (χ0) is 22.9. The summed E-state index contributed by atoms with van der Waals surface area (Å²) >= 11 is 4.23. The van der Waals surface area contributed by atoms with Crippen molar-refractivity contribution in [3.8, 4) is 17.1 Å². The molecule has 0 radical (unpaired) electrons. The van der Waals surface area contributed by atoms with Crippen LogP contribution in [-0.2, 0) is 11.3 Å². The largest absolute Gasteiger partial charge is 0.463 e. The maximum absolute atomic E-state index is 12.7. The van der Waals surface area contributed by atoms with Crippen molar-refractivity contribution in [2.75, 3.05) is 17.6 Å². The van der Waals surface area contributed by atoms with Gasteiger partial charge in [-0.25, -0.2) is 4.98 Å². The van der Waals surface area contributed by atoms with Gasteiger partial charge < -0.3 is 21.1 Å². The maximum Gasteiger partial charge on any atom is 0.261 e. The molecule has 0 saturated carbocycles. The third-order valence-corrected chi connectivity index (χ3v) is 5.43. The number of nitrogens with two attached hydrogens (primary N) is 1. The molecule has 32 heavy (non-hydrogen) atoms. The van der Waals surface area contributed by atoms with Gasteiger partial charge in [-0.2, -0.15) is 12.6 Å². The number of anilines is 1. The highest BCUT2D eigenvalue weighted by Gasteiger charge is 2.18. The number of ether oxygens (including phenoxy) is 1. The van der Waals surface area contributed by atoms with Crippen molar-refractivity contribution in [2.45, 2.75) is 32.5 Å². The molecule has 0 aliphatic rings. The van der Waals surface area contributed by atoms with Gasteiger partial charge in [-0.1, -0.05) is 60.2 Å². The van der Waals surface area contributed by atoms with E-state index in [1.807, 2.05) is 73.7 Å². The van der Waals surface area contributed by atoms with Crippen LogP contribution in [0.2, 0.25) is 0 Å². The normalized spacial score (nSPS) is 12.6. The van der Waals surface area contributed by atoms with Gasteiger partial charge in [0.1, 0.15) is 0 Å². The molecule has 3 rings (SSSR count). The molecule has 168 valence electrons. The Kier molecular flexibility index (Phi) is 8.53. The summed E-state index contributed by atoms with van der Waals surface area (Å²) in [5, 5.41) is 6.18. The van der Waals surface area contributed by atoms with E-state index in [0.29, 0.717) is 30.4 Å². The highest BCUT2D eigenvalue weighted by molar-refractivity contribution is 7.80. The van der Waals surface area contributed by atoms with Crippen molar-refractivity contribution in [3.05, 3.63) is 77.9 Å². The SMILES string of the molecule is Cc1ccc(CNC(=O)C(C)Oc2nc(-c3ccccc3)ccc2NCC(N)CS)cc1. The highest BCUT2D eigenvalue weighted by atomic mass is 32.1. The third kappa shape index (κ3) is 6.73. The second-order valence-electron chi connectivity index (χ2n) is 7.70. The van der Waals surface area contributed by atoms with Gasteiger partial charge in [-0.05, 0) is 31.5 Å². The minimum atomic E-state index is -0.724. The summed E-state index contributed by atoms with van der Waals surface area (Å²) in [6.45, 7) is 4.70. The molecule has 0 aliphatic carbocycles. The van der Waals surface area contributed by atoms with Crippen LogP contribution in [-0.4, -0.2) is 35.3 Å². The second-order valence-corrected chi connectivity index (χ2v) is 8.07. The molecule has 0 spiro atoms. The molecule has 7 heteroatoms. The molecular weight excluding hydrogens is 420 g/mol. The van der Waals surface area contributed by atoms with Gasteiger partial charge in [0.25, 0.3) is 5.91 Å². The van der Waals surface area contributed by atoms with E-state index in [1.165, 1.54) is 5.56 Å². The lowest BCUT2D eigenvalue weighted by molar-refractivity contribution is -0.127. The van der Waals surface area contributed by atoms with E-state index in [4.69, 9.17) is 10.5 Å². The minimum Gasteiger partial charge on any atom is -0.463 e. The lowest BCUT2D eigenvalue weighted by Gasteiger charge is -2.19. The van der Waals surface area contributed by atoms with Crippen molar-refractivity contribution in [1.29, 1.82) is 0 Å². The third-order valence-electron chi connectivity index (χ3n) is 4.96. The summed E-state index contributed by atoms with van der Waals surface area (Å²) in [6.07, 6.45) is -0.724. The lowest BCUT2D eigenvalue weighted by Crippen LogP contribution is -2.36. The van der Waals surface area contributed by atoms with E-state index in [1.54, 1.807) is 6.92 Å². The van der Waals surface area contributed by atoms with Crippen LogP contribution in [0.5, 0.6) is 5.88 Å². The van der Waals surface area contributed by atoms with Crippen molar-refractivity contribution in [3.63, 3.8) is 0 Å². The molecule has 3 aromatic rings. The van der Waals surface area contributed by atoms with Crippen LogP contribution in [0.1, 0.15) is 18.1 Å². The minimum absolute atomic E-state index is 0.116. The molecule has 1 aromatic heterocycles. The summed E-state index contributed by atoms with van der Waals surface area (Å²) in [5.74, 6) is 0.697. The Balaban J connectivity index is 1.73. The van der Waals surface area contributed by atoms with Gasteiger partial charge in [0.05, 0.1) is 11.4 Å². The van der Waals surface area contributed by atoms with Crippen molar-refractivity contribution < 1.29 is 9.53 Å². The molecule has 2 unspecified atom stereocenters. The van der Waals surface area contributed by atoms with Gasteiger partial charge in [-0.15, -0.1) is 0 Å². The average molecular weight is 451 g/mol. The van der Waals surface area contributed by atoms with Crippen LogP contribution < -0.4 is 21.1 Å². The van der Waals surface area contributed by atoms with Crippen LogP contribution in [0.15, 0.2) is 66.7 Å². The van der Waals surface area contributed by atoms with E-state index < -0.39 is 6.10 Å². The summed E-state index contributed by atoms with van der Waals surface area (Å²) in [6, 6.07) is 21.6. The van der Waals surface area contributed by atoms with Crippen LogP contribution in [0.4, 0.5) is 5.69 Å². The van der Waals surface area contributed by atoms with Gasteiger partial charge >= 0.3 is 0 Å². The van der Waals surface area contributed by atoms with Gasteiger partial charge in [-0.3, -0.25) is 4.79 Å². The Morgan fingerprint density at radius 3 is 2.50 bits per heavy atom. The summed E-state index contributed by atoms with van der Waals surface area (Å²) < 4.78 is 6.00. The number of carbonyl (C=O) groups is 1. The molecule has 1 heterocycles. The summed E-state index contributed by atoms with van der Waals surface area (Å²) in [5.41, 5.74) is 10.6. The number of benzene rings is 2. The number of nitrogens with zero attached hydrogens (tertiary/aromatic N) is 1. The Bertz CT molecular complexity index is 1010. The zero-order valence-corrected chi connectivity index (χ0v) is 19.3. The number of aryl methyl sites for hydroxylation is 1. The Hall–Kier alpha value is -3.03. The van der Waals surface area contributed by atoms with Crippen LogP contribution in [0.25, 0.3) is 11.3 Å². The first-order valence-electron chi connectivity index (χ1n) is 10.6. The summed E-state index contributed by atoms with van der Waals surface area (Å²) in [4.78, 5) is 17.3. The molecule has 0 fully saturated rings. The fourth-order valence-corrected chi connectivity index (χ4v) is 3.13. The second kappa shape index (κ2) is 11.5. The first kappa shape index (κ1) is 23.6. The Morgan fingerprint density at radius 2 is 1.81 bits per heavy atom. The van der Waals surface area contributed by atoms with Crippen LogP contribution >= 0.6 is 12.6 Å². The van der Waals surface area contributed by atoms with Gasteiger partial charge in [0.15, 0.2) is 6.10 Å². The van der Waals surface area contributed by atoms with E-state index >= 15 is 0 Å². The van der Waals surface area contributed by atoms with E-state index in [-0.39, 0.29) is 11.9 Å². The standard InChI is InChI=1S/C25H30N4O2S/c1-17-8-10-19(11-9-17)14-28-24(30)18(2)31-25-23(27-15-21(26)16-32)13-12-22(29-25)20-6-4-3-5-7-20/h3-13,18,21,27,32H,14-16,26H2,1-2H3,(H,28,30). The van der Waals surface area contributed by atoms with Gasteiger partial charge in [0, 0.05) is 30.4 Å². The molecule has 0 bridgehead atoms. The number of hydrogen-bond acceptors (Lipinski definition) is 6. The predicted octanol–water partition coefficient (Wildman–Crippen LogP) is 3.81. The molecule has 0 aliphatic heterocycles. The predicted molar refractivity (Wildman–Crippen MR) is 133 cm³/mol. The molecule has 0 saturated heterocycles. The molecule has 1 amide bonds. The first-order chi connectivity index (χ1) is 15.5. The van der Waals surface area contributed by atoms with Crippen molar-refractivity contribution in [2.24, 2.45) is 5.73 Å². The average Bonchev–Trinajstić information content (AvgIpc) is 2.82. The molecule has 6 nitrogen and oxygen atoms in total. The lowest BCUT2D eigenvalue weighted by atomic mass is 10.1. The Labute approximate surface area is 195 Å². The Morgan fingerprint density at radius 1 is 1.09 bits per heavy atom. The number of nitrogens with one attached hydrogen (secondary N) is 2. The first-order valence-corrected chi connectivity index (χ1v) is 11.3. The van der Waals surface area contributed by atoms with Crippen molar-refractivity contribution >= 4 is 24.2 Å².